The smallest absolute Gasteiger partial charge is 0.223 e. The summed E-state index contributed by atoms with van der Waals surface area (Å²) in [5, 5.41) is 11.7. The normalized spacial score (nSPS) is 23.5. The van der Waals surface area contributed by atoms with Gasteiger partial charge in [-0.05, 0) is 36.0 Å². The van der Waals surface area contributed by atoms with E-state index in [1.807, 2.05) is 13.0 Å². The summed E-state index contributed by atoms with van der Waals surface area (Å²) in [5.74, 6) is -0.0832. The summed E-state index contributed by atoms with van der Waals surface area (Å²) in [5.41, 5.74) is 0.894. The summed E-state index contributed by atoms with van der Waals surface area (Å²) in [7, 11) is 0. The number of nitrogens with one attached hydrogen (secondary N) is 1. The zero-order chi connectivity index (χ0) is 13.1. The molecule has 3 nitrogen and oxygen atoms in total. The molecule has 98 valence electrons. The summed E-state index contributed by atoms with van der Waals surface area (Å²) in [6.07, 6.45) is 0.781. The molecule has 1 amide bonds. The van der Waals surface area contributed by atoms with Crippen LogP contribution in [-0.4, -0.2) is 24.2 Å². The Morgan fingerprint density at radius 2 is 2.39 bits per heavy atom. The van der Waals surface area contributed by atoms with Crippen LogP contribution in [0.2, 0.25) is 0 Å². The van der Waals surface area contributed by atoms with Gasteiger partial charge in [-0.15, -0.1) is 0 Å². The van der Waals surface area contributed by atoms with Gasteiger partial charge in [-0.3, -0.25) is 4.79 Å². The minimum atomic E-state index is -0.257. The van der Waals surface area contributed by atoms with Crippen LogP contribution in [0.5, 0.6) is 0 Å². The molecule has 1 fully saturated rings. The molecule has 0 heterocycles. The molecule has 1 aliphatic carbocycles. The minimum absolute atomic E-state index is 0.00422. The molecule has 1 saturated carbocycles. The summed E-state index contributed by atoms with van der Waals surface area (Å²) in [6.45, 7) is 2.43. The van der Waals surface area contributed by atoms with Crippen LogP contribution in [0.1, 0.15) is 24.8 Å². The molecule has 1 aromatic rings. The highest BCUT2D eigenvalue weighted by atomic mass is 19.1. The fraction of sp³-hybridized carbons (Fsp3) is 0.500. The Hall–Kier alpha value is -1.42. The van der Waals surface area contributed by atoms with E-state index in [1.54, 1.807) is 6.07 Å². The molecule has 3 atom stereocenters. The molecule has 3 unspecified atom stereocenters. The number of aliphatic hydroxyl groups excluding tert-OH is 1. The van der Waals surface area contributed by atoms with Gasteiger partial charge in [-0.25, -0.2) is 4.39 Å². The third-order valence-electron chi connectivity index (χ3n) is 3.34. The first-order valence-electron chi connectivity index (χ1n) is 6.26. The molecule has 2 rings (SSSR count). The summed E-state index contributed by atoms with van der Waals surface area (Å²) in [6, 6.07) is 6.43. The van der Waals surface area contributed by atoms with E-state index in [2.05, 4.69) is 5.32 Å². The van der Waals surface area contributed by atoms with Gasteiger partial charge < -0.3 is 10.4 Å². The predicted molar refractivity (Wildman–Crippen MR) is 66.5 cm³/mol. The molecule has 0 bridgehead atoms. The molecular weight excluding hydrogens is 233 g/mol. The van der Waals surface area contributed by atoms with Crippen molar-refractivity contribution in [3.63, 3.8) is 0 Å². The highest BCUT2D eigenvalue weighted by Gasteiger charge is 2.43. The molecule has 0 aliphatic heterocycles. The van der Waals surface area contributed by atoms with Crippen molar-refractivity contribution in [1.82, 2.24) is 5.32 Å². The lowest BCUT2D eigenvalue weighted by Gasteiger charge is -2.09. The lowest BCUT2D eigenvalue weighted by molar-refractivity contribution is -0.122. The third-order valence-corrected chi connectivity index (χ3v) is 3.34. The van der Waals surface area contributed by atoms with Gasteiger partial charge in [0.15, 0.2) is 0 Å². The number of halogens is 1. The van der Waals surface area contributed by atoms with Crippen LogP contribution in [0.25, 0.3) is 0 Å². The van der Waals surface area contributed by atoms with Crippen LogP contribution in [0, 0.1) is 17.7 Å². The average molecular weight is 251 g/mol. The zero-order valence-electron chi connectivity index (χ0n) is 10.4. The van der Waals surface area contributed by atoms with Crippen molar-refractivity contribution in [2.24, 2.45) is 11.8 Å². The Balaban J connectivity index is 1.85. The second-order valence-electron chi connectivity index (χ2n) is 5.04. The lowest BCUT2D eigenvalue weighted by Crippen LogP contribution is -2.31. The van der Waals surface area contributed by atoms with Gasteiger partial charge in [0.25, 0.3) is 0 Å². The molecule has 0 saturated heterocycles. The maximum Gasteiger partial charge on any atom is 0.223 e. The standard InChI is InChI=1S/C14H18FNO2/c1-9(8-17)7-16-14(18)13-6-12(13)10-3-2-4-11(15)5-10/h2-5,9,12-13,17H,6-8H2,1H3,(H,16,18). The second-order valence-corrected chi connectivity index (χ2v) is 5.04. The molecule has 0 aromatic heterocycles. The van der Waals surface area contributed by atoms with E-state index in [1.165, 1.54) is 12.1 Å². The Kier molecular flexibility index (Phi) is 3.97. The summed E-state index contributed by atoms with van der Waals surface area (Å²) < 4.78 is 13.1. The van der Waals surface area contributed by atoms with E-state index >= 15 is 0 Å². The number of rotatable bonds is 5. The minimum Gasteiger partial charge on any atom is -0.396 e. The largest absolute Gasteiger partial charge is 0.396 e. The summed E-state index contributed by atoms with van der Waals surface area (Å²) in [4.78, 5) is 11.8. The Labute approximate surface area is 106 Å². The van der Waals surface area contributed by atoms with Crippen LogP contribution in [-0.2, 0) is 4.79 Å². The molecule has 0 spiro atoms. The average Bonchev–Trinajstić information content (AvgIpc) is 3.15. The van der Waals surface area contributed by atoms with Crippen molar-refractivity contribution < 1.29 is 14.3 Å². The van der Waals surface area contributed by atoms with Crippen LogP contribution in [0.15, 0.2) is 24.3 Å². The van der Waals surface area contributed by atoms with Gasteiger partial charge >= 0.3 is 0 Å². The maximum atomic E-state index is 13.1. The fourth-order valence-electron chi connectivity index (χ4n) is 2.06. The number of hydrogen-bond donors (Lipinski definition) is 2. The molecule has 18 heavy (non-hydrogen) atoms. The highest BCUT2D eigenvalue weighted by Crippen LogP contribution is 2.47. The van der Waals surface area contributed by atoms with Gasteiger partial charge in [-0.2, -0.15) is 0 Å². The second kappa shape index (κ2) is 5.48. The first kappa shape index (κ1) is 13.0. The van der Waals surface area contributed by atoms with Gasteiger partial charge in [0.05, 0.1) is 0 Å². The molecule has 4 heteroatoms. The van der Waals surface area contributed by atoms with Crippen molar-refractivity contribution in [1.29, 1.82) is 0 Å². The number of carbonyl (C=O) groups excluding carboxylic acids is 1. The van der Waals surface area contributed by atoms with Gasteiger partial charge in [-0.1, -0.05) is 19.1 Å². The van der Waals surface area contributed by atoms with Crippen molar-refractivity contribution in [2.45, 2.75) is 19.3 Å². The monoisotopic (exact) mass is 251 g/mol. The fourth-order valence-corrected chi connectivity index (χ4v) is 2.06. The number of benzene rings is 1. The number of aliphatic hydroxyl groups is 1. The quantitative estimate of drug-likeness (QED) is 0.836. The number of amides is 1. The Morgan fingerprint density at radius 1 is 1.61 bits per heavy atom. The van der Waals surface area contributed by atoms with E-state index < -0.39 is 0 Å². The lowest BCUT2D eigenvalue weighted by atomic mass is 10.1. The van der Waals surface area contributed by atoms with Crippen LogP contribution >= 0.6 is 0 Å². The molecule has 2 N–H and O–H groups in total. The van der Waals surface area contributed by atoms with E-state index in [9.17, 15) is 9.18 Å². The highest BCUT2D eigenvalue weighted by molar-refractivity contribution is 5.82. The van der Waals surface area contributed by atoms with Crippen molar-refractivity contribution in [2.75, 3.05) is 13.2 Å². The summed E-state index contributed by atoms with van der Waals surface area (Å²) >= 11 is 0. The maximum absolute atomic E-state index is 13.1. The first-order chi connectivity index (χ1) is 8.61. The topological polar surface area (TPSA) is 49.3 Å². The van der Waals surface area contributed by atoms with E-state index in [4.69, 9.17) is 5.11 Å². The Morgan fingerprint density at radius 3 is 3.06 bits per heavy atom. The van der Waals surface area contributed by atoms with E-state index in [-0.39, 0.29) is 36.1 Å². The zero-order valence-corrected chi connectivity index (χ0v) is 10.4. The molecule has 1 aliphatic rings. The van der Waals surface area contributed by atoms with Gasteiger partial charge in [0, 0.05) is 19.1 Å². The van der Waals surface area contributed by atoms with Crippen molar-refractivity contribution in [3.8, 4) is 0 Å². The van der Waals surface area contributed by atoms with Crippen LogP contribution in [0.4, 0.5) is 4.39 Å². The third kappa shape index (κ3) is 3.07. The van der Waals surface area contributed by atoms with Gasteiger partial charge in [0.1, 0.15) is 5.82 Å². The molecule has 0 radical (unpaired) electrons. The van der Waals surface area contributed by atoms with Crippen molar-refractivity contribution in [3.05, 3.63) is 35.6 Å². The van der Waals surface area contributed by atoms with E-state index in [0.717, 1.165) is 12.0 Å². The predicted octanol–water partition coefficient (Wildman–Crippen LogP) is 1.67. The van der Waals surface area contributed by atoms with Gasteiger partial charge in [0.2, 0.25) is 5.91 Å². The number of carbonyl (C=O) groups is 1. The van der Waals surface area contributed by atoms with Crippen LogP contribution < -0.4 is 5.32 Å². The van der Waals surface area contributed by atoms with Crippen LogP contribution in [0.3, 0.4) is 0 Å². The van der Waals surface area contributed by atoms with E-state index in [0.29, 0.717) is 6.54 Å². The molecular formula is C14H18FNO2. The first-order valence-corrected chi connectivity index (χ1v) is 6.26. The van der Waals surface area contributed by atoms with Crippen molar-refractivity contribution >= 4 is 5.91 Å². The molecule has 1 aromatic carbocycles. The SMILES string of the molecule is CC(CO)CNC(=O)C1CC1c1cccc(F)c1. The Bertz CT molecular complexity index is 436. The number of hydrogen-bond acceptors (Lipinski definition) is 2.